The van der Waals surface area contributed by atoms with Gasteiger partial charge in [-0.15, -0.1) is 0 Å². The van der Waals surface area contributed by atoms with Crippen LogP contribution in [0.1, 0.15) is 58.0 Å². The summed E-state index contributed by atoms with van der Waals surface area (Å²) < 4.78 is 32.6. The maximum atomic E-state index is 13.2. The number of ether oxygens (including phenoxy) is 1. The molecule has 0 aliphatic carbocycles. The number of carbonyl (C=O) groups is 2. The Bertz CT molecular complexity index is 1110. The number of nitrogens with one attached hydrogen (secondary N) is 1. The lowest BCUT2D eigenvalue weighted by atomic mass is 10.1. The molecule has 3 rings (SSSR count). The van der Waals surface area contributed by atoms with Crippen LogP contribution >= 0.6 is 0 Å². The quantitative estimate of drug-likeness (QED) is 0.706. The molecule has 1 atom stereocenters. The highest BCUT2D eigenvalue weighted by atomic mass is 32.2. The summed E-state index contributed by atoms with van der Waals surface area (Å²) in [5, 5.41) is 2.80. The Hall–Kier alpha value is -2.71. The van der Waals surface area contributed by atoms with Crippen molar-refractivity contribution in [3.05, 3.63) is 58.7 Å². The van der Waals surface area contributed by atoms with E-state index < -0.39 is 21.9 Å². The third kappa shape index (κ3) is 4.80. The zero-order valence-electron chi connectivity index (χ0n) is 18.3. The van der Waals surface area contributed by atoms with Crippen LogP contribution in [0, 0.1) is 13.8 Å². The minimum Gasteiger partial charge on any atom is -0.465 e. The summed E-state index contributed by atoms with van der Waals surface area (Å²) in [5.74, 6) is -0.943. The fourth-order valence-electron chi connectivity index (χ4n) is 3.76. The molecular weight excluding hydrogens is 416 g/mol. The summed E-state index contributed by atoms with van der Waals surface area (Å²) in [4.78, 5) is 24.9. The summed E-state index contributed by atoms with van der Waals surface area (Å²) in [6, 6.07) is 9.44. The van der Waals surface area contributed by atoms with E-state index in [4.69, 9.17) is 4.74 Å². The van der Waals surface area contributed by atoms with Crippen molar-refractivity contribution in [2.24, 2.45) is 0 Å². The van der Waals surface area contributed by atoms with Gasteiger partial charge in [0.2, 0.25) is 10.0 Å². The molecule has 0 aromatic heterocycles. The Kier molecular flexibility index (Phi) is 6.81. The second-order valence-corrected chi connectivity index (χ2v) is 9.80. The van der Waals surface area contributed by atoms with Gasteiger partial charge in [-0.05, 0) is 69.0 Å². The highest BCUT2D eigenvalue weighted by Gasteiger charge is 2.31. The van der Waals surface area contributed by atoms with E-state index in [0.717, 1.165) is 24.8 Å². The minimum absolute atomic E-state index is 0.0685. The van der Waals surface area contributed by atoms with Gasteiger partial charge in [0, 0.05) is 23.8 Å². The maximum Gasteiger partial charge on any atom is 0.337 e. The van der Waals surface area contributed by atoms with Crippen molar-refractivity contribution in [2.75, 3.05) is 19.0 Å². The van der Waals surface area contributed by atoms with E-state index in [1.54, 1.807) is 37.3 Å². The lowest BCUT2D eigenvalue weighted by Crippen LogP contribution is -2.42. The van der Waals surface area contributed by atoms with E-state index in [-0.39, 0.29) is 16.5 Å². The maximum absolute atomic E-state index is 13.2. The molecule has 1 amide bonds. The van der Waals surface area contributed by atoms with Crippen LogP contribution in [0.2, 0.25) is 0 Å². The summed E-state index contributed by atoms with van der Waals surface area (Å²) in [5.41, 5.74) is 2.48. The number of methoxy groups -OCH3 is 1. The van der Waals surface area contributed by atoms with Crippen LogP contribution in [0.25, 0.3) is 0 Å². The van der Waals surface area contributed by atoms with Crippen LogP contribution in [0.3, 0.4) is 0 Å². The second-order valence-electron chi connectivity index (χ2n) is 7.91. The molecule has 1 saturated heterocycles. The average Bonchev–Trinajstić information content (AvgIpc) is 2.75. The first-order chi connectivity index (χ1) is 14.6. The van der Waals surface area contributed by atoms with Crippen molar-refractivity contribution in [1.29, 1.82) is 0 Å². The molecule has 8 heteroatoms. The number of piperidine rings is 1. The van der Waals surface area contributed by atoms with Gasteiger partial charge < -0.3 is 10.1 Å². The molecule has 0 radical (unpaired) electrons. The first-order valence-electron chi connectivity index (χ1n) is 10.3. The van der Waals surface area contributed by atoms with Crippen LogP contribution in [0.4, 0.5) is 5.69 Å². The van der Waals surface area contributed by atoms with E-state index in [9.17, 15) is 18.0 Å². The van der Waals surface area contributed by atoms with E-state index in [0.29, 0.717) is 23.4 Å². The Balaban J connectivity index is 1.92. The molecule has 1 heterocycles. The van der Waals surface area contributed by atoms with Gasteiger partial charge in [0.1, 0.15) is 0 Å². The monoisotopic (exact) mass is 444 g/mol. The molecule has 1 N–H and O–H groups in total. The molecule has 0 saturated carbocycles. The number of hydrogen-bond acceptors (Lipinski definition) is 5. The first kappa shape index (κ1) is 23.0. The highest BCUT2D eigenvalue weighted by Crippen LogP contribution is 2.27. The molecule has 2 aromatic rings. The Labute approximate surface area is 183 Å². The fraction of sp³-hybridized carbons (Fsp3) is 0.391. The second kappa shape index (κ2) is 9.20. The number of aryl methyl sites for hydroxylation is 2. The zero-order valence-corrected chi connectivity index (χ0v) is 19.1. The summed E-state index contributed by atoms with van der Waals surface area (Å²) in [6.45, 7) is 5.96. The van der Waals surface area contributed by atoms with Crippen molar-refractivity contribution in [3.8, 4) is 0 Å². The van der Waals surface area contributed by atoms with Crippen molar-refractivity contribution in [1.82, 2.24) is 4.31 Å². The number of hydrogen-bond donors (Lipinski definition) is 1. The molecule has 1 aliphatic rings. The molecule has 2 aromatic carbocycles. The number of rotatable bonds is 5. The summed E-state index contributed by atoms with van der Waals surface area (Å²) in [6.07, 6.45) is 2.67. The Morgan fingerprint density at radius 1 is 1.06 bits per heavy atom. The number of nitrogens with zero attached hydrogens (tertiary/aromatic N) is 1. The van der Waals surface area contributed by atoms with Gasteiger partial charge in [0.05, 0.1) is 17.6 Å². The molecule has 0 spiro atoms. The van der Waals surface area contributed by atoms with Crippen molar-refractivity contribution >= 4 is 27.6 Å². The molecule has 166 valence electrons. The minimum atomic E-state index is -3.69. The molecule has 0 bridgehead atoms. The number of carbonyl (C=O) groups excluding carboxylic acids is 2. The van der Waals surface area contributed by atoms with Gasteiger partial charge >= 0.3 is 5.97 Å². The van der Waals surface area contributed by atoms with Crippen LogP contribution < -0.4 is 5.32 Å². The Morgan fingerprint density at radius 2 is 1.77 bits per heavy atom. The summed E-state index contributed by atoms with van der Waals surface area (Å²) >= 11 is 0. The van der Waals surface area contributed by atoms with Gasteiger partial charge in [0.15, 0.2) is 0 Å². The predicted molar refractivity (Wildman–Crippen MR) is 119 cm³/mol. The van der Waals surface area contributed by atoms with Gasteiger partial charge in [-0.1, -0.05) is 18.6 Å². The van der Waals surface area contributed by atoms with Crippen LogP contribution in [0.5, 0.6) is 0 Å². The molecular formula is C23H28N2O5S. The van der Waals surface area contributed by atoms with Gasteiger partial charge in [-0.2, -0.15) is 4.31 Å². The van der Waals surface area contributed by atoms with E-state index in [1.165, 1.54) is 17.5 Å². The van der Waals surface area contributed by atoms with Crippen LogP contribution in [-0.2, 0) is 14.8 Å². The number of benzene rings is 2. The van der Waals surface area contributed by atoms with Gasteiger partial charge in [-0.3, -0.25) is 4.79 Å². The molecule has 1 aliphatic heterocycles. The van der Waals surface area contributed by atoms with Gasteiger partial charge in [0.25, 0.3) is 5.91 Å². The van der Waals surface area contributed by atoms with Crippen LogP contribution in [-0.4, -0.2) is 44.3 Å². The van der Waals surface area contributed by atoms with E-state index >= 15 is 0 Å². The topological polar surface area (TPSA) is 92.8 Å². The third-order valence-electron chi connectivity index (χ3n) is 5.71. The zero-order chi connectivity index (χ0) is 22.8. The number of esters is 1. The van der Waals surface area contributed by atoms with Crippen molar-refractivity contribution in [2.45, 2.75) is 51.0 Å². The summed E-state index contributed by atoms with van der Waals surface area (Å²) in [7, 11) is -2.40. The standard InChI is InChI=1S/C23H28N2O5S/c1-15-9-11-19(31(28,29)25-12-6-5-7-17(25)3)14-20(15)22(26)24-21-13-18(23(27)30-4)10-8-16(21)2/h8-11,13-14,17H,5-7,12H2,1-4H3,(H,24,26). The number of amides is 1. The number of anilines is 1. The average molecular weight is 445 g/mol. The molecule has 1 unspecified atom stereocenters. The van der Waals surface area contributed by atoms with Crippen molar-refractivity contribution < 1.29 is 22.7 Å². The molecule has 7 nitrogen and oxygen atoms in total. The van der Waals surface area contributed by atoms with E-state index in [1.807, 2.05) is 13.8 Å². The van der Waals surface area contributed by atoms with Crippen molar-refractivity contribution in [3.63, 3.8) is 0 Å². The van der Waals surface area contributed by atoms with E-state index in [2.05, 4.69) is 5.32 Å². The lowest BCUT2D eigenvalue weighted by Gasteiger charge is -2.32. The largest absolute Gasteiger partial charge is 0.465 e. The first-order valence-corrected chi connectivity index (χ1v) is 11.7. The predicted octanol–water partition coefficient (Wildman–Crippen LogP) is 3.91. The normalized spacial score (nSPS) is 17.2. The SMILES string of the molecule is COC(=O)c1ccc(C)c(NC(=O)c2cc(S(=O)(=O)N3CCCCC3C)ccc2C)c1. The van der Waals surface area contributed by atoms with Crippen LogP contribution in [0.15, 0.2) is 41.3 Å². The molecule has 31 heavy (non-hydrogen) atoms. The fourth-order valence-corrected chi connectivity index (χ4v) is 5.49. The third-order valence-corrected chi connectivity index (χ3v) is 7.72. The lowest BCUT2D eigenvalue weighted by molar-refractivity contribution is 0.0600. The highest BCUT2D eigenvalue weighted by molar-refractivity contribution is 7.89. The Morgan fingerprint density at radius 3 is 2.45 bits per heavy atom. The number of sulfonamides is 1. The van der Waals surface area contributed by atoms with Gasteiger partial charge in [-0.25, -0.2) is 13.2 Å². The molecule has 1 fully saturated rings. The smallest absolute Gasteiger partial charge is 0.337 e.